The van der Waals surface area contributed by atoms with Crippen molar-refractivity contribution >= 4 is 6.21 Å². The molecule has 2 rings (SSSR count). The van der Waals surface area contributed by atoms with E-state index in [2.05, 4.69) is 4.99 Å². The molecule has 3 heteroatoms. The molecule has 0 aliphatic heterocycles. The van der Waals surface area contributed by atoms with Crippen LogP contribution in [0.15, 0.2) is 59.6 Å². The standard InChI is InChI=1S/C16H17NO2/c1-19-15-9-7-13(8-10-15)11-17-12-16(18)14-5-3-2-4-6-14/h2-11,16,18H,12H2,1H3/t16-/m1/s1. The van der Waals surface area contributed by atoms with Crippen molar-refractivity contribution in [2.75, 3.05) is 13.7 Å². The molecule has 2 aromatic carbocycles. The molecule has 0 saturated heterocycles. The van der Waals surface area contributed by atoms with Crippen molar-refractivity contribution in [3.8, 4) is 5.75 Å². The maximum absolute atomic E-state index is 9.95. The normalized spacial score (nSPS) is 12.5. The molecular weight excluding hydrogens is 238 g/mol. The van der Waals surface area contributed by atoms with Crippen molar-refractivity contribution in [3.63, 3.8) is 0 Å². The van der Waals surface area contributed by atoms with Gasteiger partial charge in [-0.2, -0.15) is 0 Å². The van der Waals surface area contributed by atoms with E-state index in [1.165, 1.54) is 0 Å². The molecule has 0 radical (unpaired) electrons. The van der Waals surface area contributed by atoms with Crippen LogP contribution in [-0.4, -0.2) is 25.0 Å². The van der Waals surface area contributed by atoms with Crippen LogP contribution in [0.3, 0.4) is 0 Å². The zero-order valence-electron chi connectivity index (χ0n) is 10.9. The molecule has 0 spiro atoms. The number of hydrogen-bond donors (Lipinski definition) is 1. The molecule has 0 aliphatic rings. The fraction of sp³-hybridized carbons (Fsp3) is 0.188. The number of rotatable bonds is 5. The van der Waals surface area contributed by atoms with Crippen LogP contribution in [0.1, 0.15) is 17.2 Å². The first-order valence-electron chi connectivity index (χ1n) is 6.16. The fourth-order valence-electron chi connectivity index (χ4n) is 1.73. The fourth-order valence-corrected chi connectivity index (χ4v) is 1.73. The SMILES string of the molecule is COc1ccc(C=NC[C@@H](O)c2ccccc2)cc1. The van der Waals surface area contributed by atoms with Gasteiger partial charge >= 0.3 is 0 Å². The Morgan fingerprint density at radius 1 is 1.11 bits per heavy atom. The molecule has 1 N–H and O–H groups in total. The van der Waals surface area contributed by atoms with E-state index in [1.807, 2.05) is 54.6 Å². The van der Waals surface area contributed by atoms with Gasteiger partial charge in [-0.25, -0.2) is 0 Å². The van der Waals surface area contributed by atoms with Crippen molar-refractivity contribution in [1.29, 1.82) is 0 Å². The lowest BCUT2D eigenvalue weighted by Gasteiger charge is -2.07. The molecular formula is C16H17NO2. The molecule has 0 saturated carbocycles. The minimum Gasteiger partial charge on any atom is -0.497 e. The molecule has 98 valence electrons. The van der Waals surface area contributed by atoms with E-state index in [9.17, 15) is 5.11 Å². The van der Waals surface area contributed by atoms with E-state index in [1.54, 1.807) is 13.3 Å². The van der Waals surface area contributed by atoms with E-state index in [-0.39, 0.29) is 0 Å². The van der Waals surface area contributed by atoms with Gasteiger partial charge in [0.25, 0.3) is 0 Å². The van der Waals surface area contributed by atoms with Crippen LogP contribution in [0.5, 0.6) is 5.75 Å². The van der Waals surface area contributed by atoms with Crippen molar-refractivity contribution in [1.82, 2.24) is 0 Å². The maximum Gasteiger partial charge on any atom is 0.118 e. The lowest BCUT2D eigenvalue weighted by atomic mass is 10.1. The molecule has 19 heavy (non-hydrogen) atoms. The summed E-state index contributed by atoms with van der Waals surface area (Å²) in [5.74, 6) is 0.821. The second-order valence-corrected chi connectivity index (χ2v) is 4.19. The minimum atomic E-state index is -0.560. The van der Waals surface area contributed by atoms with Gasteiger partial charge in [-0.1, -0.05) is 30.3 Å². The molecule has 0 heterocycles. The summed E-state index contributed by atoms with van der Waals surface area (Å²) in [6, 6.07) is 17.2. The number of nitrogens with zero attached hydrogens (tertiary/aromatic N) is 1. The molecule has 2 aromatic rings. The van der Waals surface area contributed by atoms with Crippen molar-refractivity contribution in [3.05, 3.63) is 65.7 Å². The molecule has 0 bridgehead atoms. The average Bonchev–Trinajstić information content (AvgIpc) is 2.49. The molecule has 0 aromatic heterocycles. The summed E-state index contributed by atoms with van der Waals surface area (Å²) in [4.78, 5) is 4.26. The topological polar surface area (TPSA) is 41.8 Å². The first kappa shape index (κ1) is 13.3. The number of aliphatic hydroxyl groups excluding tert-OH is 1. The number of hydrogen-bond acceptors (Lipinski definition) is 3. The van der Waals surface area contributed by atoms with Crippen LogP contribution < -0.4 is 4.74 Å². The van der Waals surface area contributed by atoms with Crippen molar-refractivity contribution in [2.24, 2.45) is 4.99 Å². The van der Waals surface area contributed by atoms with E-state index in [0.717, 1.165) is 16.9 Å². The predicted molar refractivity (Wildman–Crippen MR) is 76.9 cm³/mol. The summed E-state index contributed by atoms with van der Waals surface area (Å²) in [6.07, 6.45) is 1.20. The van der Waals surface area contributed by atoms with Crippen LogP contribution in [0.2, 0.25) is 0 Å². The molecule has 0 aliphatic carbocycles. The highest BCUT2D eigenvalue weighted by Gasteiger charge is 2.04. The van der Waals surface area contributed by atoms with Gasteiger partial charge in [0.15, 0.2) is 0 Å². The molecule has 1 atom stereocenters. The van der Waals surface area contributed by atoms with E-state index in [4.69, 9.17) is 4.74 Å². The Kier molecular flexibility index (Phi) is 4.70. The Morgan fingerprint density at radius 2 is 1.79 bits per heavy atom. The van der Waals surface area contributed by atoms with Gasteiger partial charge in [0.1, 0.15) is 5.75 Å². The Labute approximate surface area is 113 Å². The predicted octanol–water partition coefficient (Wildman–Crippen LogP) is 2.85. The second kappa shape index (κ2) is 6.71. The van der Waals surface area contributed by atoms with Crippen LogP contribution in [0.25, 0.3) is 0 Å². The number of aliphatic imine (C=N–C) groups is 1. The van der Waals surface area contributed by atoms with Gasteiger partial charge < -0.3 is 9.84 Å². The maximum atomic E-state index is 9.95. The van der Waals surface area contributed by atoms with Gasteiger partial charge in [-0.15, -0.1) is 0 Å². The van der Waals surface area contributed by atoms with E-state index >= 15 is 0 Å². The third-order valence-electron chi connectivity index (χ3n) is 2.82. The Morgan fingerprint density at radius 3 is 2.42 bits per heavy atom. The van der Waals surface area contributed by atoms with Crippen LogP contribution in [0.4, 0.5) is 0 Å². The largest absolute Gasteiger partial charge is 0.497 e. The highest BCUT2D eigenvalue weighted by molar-refractivity contribution is 5.79. The summed E-state index contributed by atoms with van der Waals surface area (Å²) < 4.78 is 5.09. The summed E-state index contributed by atoms with van der Waals surface area (Å²) in [5, 5.41) is 9.95. The lowest BCUT2D eigenvalue weighted by molar-refractivity contribution is 0.187. The third-order valence-corrected chi connectivity index (χ3v) is 2.82. The molecule has 0 amide bonds. The van der Waals surface area contributed by atoms with Gasteiger partial charge in [0.2, 0.25) is 0 Å². The third kappa shape index (κ3) is 3.93. The van der Waals surface area contributed by atoms with Crippen LogP contribution in [-0.2, 0) is 0 Å². The van der Waals surface area contributed by atoms with E-state index < -0.39 is 6.10 Å². The highest BCUT2D eigenvalue weighted by atomic mass is 16.5. The van der Waals surface area contributed by atoms with Crippen molar-refractivity contribution in [2.45, 2.75) is 6.10 Å². The summed E-state index contributed by atoms with van der Waals surface area (Å²) in [6.45, 7) is 0.357. The summed E-state index contributed by atoms with van der Waals surface area (Å²) >= 11 is 0. The van der Waals surface area contributed by atoms with Gasteiger partial charge in [0, 0.05) is 6.21 Å². The van der Waals surface area contributed by atoms with Gasteiger partial charge in [-0.05, 0) is 35.4 Å². The highest BCUT2D eigenvalue weighted by Crippen LogP contribution is 2.13. The quantitative estimate of drug-likeness (QED) is 0.835. The van der Waals surface area contributed by atoms with Crippen LogP contribution in [0, 0.1) is 0 Å². The average molecular weight is 255 g/mol. The number of benzene rings is 2. The number of ether oxygens (including phenoxy) is 1. The minimum absolute atomic E-state index is 0.357. The summed E-state index contributed by atoms with van der Waals surface area (Å²) in [7, 11) is 1.64. The molecule has 3 nitrogen and oxygen atoms in total. The Bertz CT molecular complexity index is 520. The zero-order valence-corrected chi connectivity index (χ0v) is 10.9. The Hall–Kier alpha value is -2.13. The van der Waals surface area contributed by atoms with Crippen molar-refractivity contribution < 1.29 is 9.84 Å². The Balaban J connectivity index is 1.92. The lowest BCUT2D eigenvalue weighted by Crippen LogP contribution is -2.01. The number of methoxy groups -OCH3 is 1. The monoisotopic (exact) mass is 255 g/mol. The van der Waals surface area contributed by atoms with Gasteiger partial charge in [0.05, 0.1) is 19.8 Å². The van der Waals surface area contributed by atoms with Crippen LogP contribution >= 0.6 is 0 Å². The molecule has 0 fully saturated rings. The first-order chi connectivity index (χ1) is 9.29. The first-order valence-corrected chi connectivity index (χ1v) is 6.16. The second-order valence-electron chi connectivity index (χ2n) is 4.19. The smallest absolute Gasteiger partial charge is 0.118 e. The van der Waals surface area contributed by atoms with Gasteiger partial charge in [-0.3, -0.25) is 4.99 Å². The zero-order chi connectivity index (χ0) is 13.5. The molecule has 0 unspecified atom stereocenters. The number of aliphatic hydroxyl groups is 1. The van der Waals surface area contributed by atoms with E-state index in [0.29, 0.717) is 6.54 Å². The summed E-state index contributed by atoms with van der Waals surface area (Å²) in [5.41, 5.74) is 1.87.